The first-order chi connectivity index (χ1) is 14.8. The number of pyridine rings is 1. The highest BCUT2D eigenvalue weighted by molar-refractivity contribution is 5.79. The highest BCUT2D eigenvalue weighted by atomic mass is 19.4. The van der Waals surface area contributed by atoms with Gasteiger partial charge in [0, 0.05) is 11.1 Å². The van der Waals surface area contributed by atoms with E-state index in [0.29, 0.717) is 33.6 Å². The Labute approximate surface area is 175 Å². The highest BCUT2D eigenvalue weighted by Gasteiger charge is 2.31. The summed E-state index contributed by atoms with van der Waals surface area (Å²) in [5.74, 6) is -0.276. The van der Waals surface area contributed by atoms with E-state index in [4.69, 9.17) is 0 Å². The van der Waals surface area contributed by atoms with E-state index in [1.165, 1.54) is 36.4 Å². The minimum absolute atomic E-state index is 0.0168. The molecule has 0 bridgehead atoms. The summed E-state index contributed by atoms with van der Waals surface area (Å²) in [6, 6.07) is 22.1. The molecule has 0 radical (unpaired) electrons. The number of nitrogens with zero attached hydrogens (tertiary/aromatic N) is 1. The minimum atomic E-state index is -4.80. The zero-order valence-corrected chi connectivity index (χ0v) is 16.0. The Kier molecular flexibility index (Phi) is 5.25. The van der Waals surface area contributed by atoms with Gasteiger partial charge in [-0.25, -0.2) is 4.98 Å². The van der Waals surface area contributed by atoms with Crippen molar-refractivity contribution in [1.29, 1.82) is 0 Å². The number of halogens is 3. The lowest BCUT2D eigenvalue weighted by molar-refractivity contribution is -0.274. The summed E-state index contributed by atoms with van der Waals surface area (Å²) in [4.78, 5) is 4.60. The van der Waals surface area contributed by atoms with Crippen LogP contribution in [-0.4, -0.2) is 21.6 Å². The molecule has 1 aromatic heterocycles. The second kappa shape index (κ2) is 8.02. The number of para-hydroxylation sites is 1. The van der Waals surface area contributed by atoms with Crippen LogP contribution in [0.4, 0.5) is 13.2 Å². The van der Waals surface area contributed by atoms with Gasteiger partial charge >= 0.3 is 6.36 Å². The zero-order valence-electron chi connectivity index (χ0n) is 16.0. The lowest BCUT2D eigenvalue weighted by atomic mass is 9.99. The SMILES string of the molecule is Oc1cccc(-c2cc(-c3cccc(OC(F)(F)F)c3)cc(-c3ccccc3O)n2)c1. The third-order valence-electron chi connectivity index (χ3n) is 4.55. The van der Waals surface area contributed by atoms with Crippen LogP contribution in [0, 0.1) is 0 Å². The van der Waals surface area contributed by atoms with Crippen molar-refractivity contribution >= 4 is 0 Å². The fourth-order valence-corrected chi connectivity index (χ4v) is 3.21. The van der Waals surface area contributed by atoms with Gasteiger partial charge in [0.05, 0.1) is 11.4 Å². The lowest BCUT2D eigenvalue weighted by Crippen LogP contribution is -2.17. The maximum Gasteiger partial charge on any atom is 0.573 e. The molecule has 4 rings (SSSR count). The van der Waals surface area contributed by atoms with E-state index in [9.17, 15) is 23.4 Å². The monoisotopic (exact) mass is 423 g/mol. The number of phenolic OH excluding ortho intramolecular Hbond substituents is 2. The molecule has 2 N–H and O–H groups in total. The predicted octanol–water partition coefficient (Wildman–Crippen LogP) is 6.39. The molecule has 0 unspecified atom stereocenters. The number of alkyl halides is 3. The smallest absolute Gasteiger partial charge is 0.508 e. The van der Waals surface area contributed by atoms with Crippen LogP contribution in [0.25, 0.3) is 33.6 Å². The summed E-state index contributed by atoms with van der Waals surface area (Å²) >= 11 is 0. The third-order valence-corrected chi connectivity index (χ3v) is 4.55. The maximum atomic E-state index is 12.6. The molecule has 4 aromatic rings. The van der Waals surface area contributed by atoms with Gasteiger partial charge in [0.15, 0.2) is 0 Å². The third kappa shape index (κ3) is 4.78. The van der Waals surface area contributed by atoms with Crippen molar-refractivity contribution in [2.45, 2.75) is 6.36 Å². The van der Waals surface area contributed by atoms with Crippen molar-refractivity contribution in [3.05, 3.63) is 84.9 Å². The minimum Gasteiger partial charge on any atom is -0.508 e. The Morgan fingerprint density at radius 3 is 2.13 bits per heavy atom. The van der Waals surface area contributed by atoms with Gasteiger partial charge in [-0.05, 0) is 59.7 Å². The normalized spacial score (nSPS) is 11.3. The topological polar surface area (TPSA) is 62.6 Å². The molecule has 0 aliphatic rings. The first-order valence-corrected chi connectivity index (χ1v) is 9.24. The van der Waals surface area contributed by atoms with Crippen LogP contribution < -0.4 is 4.74 Å². The summed E-state index contributed by atoms with van der Waals surface area (Å²) in [6.45, 7) is 0. The highest BCUT2D eigenvalue weighted by Crippen LogP contribution is 2.35. The number of hydrogen-bond donors (Lipinski definition) is 2. The van der Waals surface area contributed by atoms with Crippen molar-refractivity contribution in [1.82, 2.24) is 4.98 Å². The largest absolute Gasteiger partial charge is 0.573 e. The Morgan fingerprint density at radius 2 is 1.39 bits per heavy atom. The van der Waals surface area contributed by atoms with Gasteiger partial charge < -0.3 is 14.9 Å². The van der Waals surface area contributed by atoms with Gasteiger partial charge in [0.1, 0.15) is 17.2 Å². The number of hydrogen-bond acceptors (Lipinski definition) is 4. The van der Waals surface area contributed by atoms with Crippen LogP contribution in [0.2, 0.25) is 0 Å². The average Bonchev–Trinajstić information content (AvgIpc) is 2.73. The lowest BCUT2D eigenvalue weighted by Gasteiger charge is -2.13. The molecule has 0 amide bonds. The summed E-state index contributed by atoms with van der Waals surface area (Å²) < 4.78 is 42.0. The summed E-state index contributed by atoms with van der Waals surface area (Å²) in [5.41, 5.74) is 3.03. The van der Waals surface area contributed by atoms with Crippen LogP contribution in [-0.2, 0) is 0 Å². The second-order valence-electron chi connectivity index (χ2n) is 6.77. The number of benzene rings is 3. The van der Waals surface area contributed by atoms with Crippen LogP contribution >= 0.6 is 0 Å². The molecule has 4 nitrogen and oxygen atoms in total. The average molecular weight is 423 g/mol. The first-order valence-electron chi connectivity index (χ1n) is 9.24. The van der Waals surface area contributed by atoms with Gasteiger partial charge in [-0.3, -0.25) is 0 Å². The molecule has 0 fully saturated rings. The molecule has 0 saturated heterocycles. The molecular weight excluding hydrogens is 407 g/mol. The second-order valence-corrected chi connectivity index (χ2v) is 6.77. The van der Waals surface area contributed by atoms with Crippen molar-refractivity contribution in [3.8, 4) is 50.9 Å². The molecule has 3 aromatic carbocycles. The van der Waals surface area contributed by atoms with E-state index in [0.717, 1.165) is 0 Å². The molecule has 0 aliphatic carbocycles. The molecule has 0 atom stereocenters. The van der Waals surface area contributed by atoms with Gasteiger partial charge in [-0.1, -0.05) is 36.4 Å². The van der Waals surface area contributed by atoms with E-state index in [1.54, 1.807) is 48.5 Å². The Balaban J connectivity index is 1.88. The van der Waals surface area contributed by atoms with E-state index in [1.807, 2.05) is 0 Å². The molecule has 31 heavy (non-hydrogen) atoms. The molecule has 7 heteroatoms. The van der Waals surface area contributed by atoms with Gasteiger partial charge in [0.25, 0.3) is 0 Å². The zero-order chi connectivity index (χ0) is 22.0. The van der Waals surface area contributed by atoms with Crippen LogP contribution in [0.5, 0.6) is 17.2 Å². The van der Waals surface area contributed by atoms with Crippen molar-refractivity contribution < 1.29 is 28.1 Å². The molecule has 156 valence electrons. The predicted molar refractivity (Wildman–Crippen MR) is 111 cm³/mol. The molecule has 1 heterocycles. The fraction of sp³-hybridized carbons (Fsp3) is 0.0417. The molecule has 0 saturated carbocycles. The number of phenols is 2. The van der Waals surface area contributed by atoms with Crippen LogP contribution in [0.3, 0.4) is 0 Å². The first kappa shape index (κ1) is 20.3. The van der Waals surface area contributed by atoms with E-state index in [-0.39, 0.29) is 17.2 Å². The number of aromatic hydroxyl groups is 2. The van der Waals surface area contributed by atoms with Gasteiger partial charge in [-0.2, -0.15) is 0 Å². The number of ether oxygens (including phenoxy) is 1. The van der Waals surface area contributed by atoms with Crippen molar-refractivity contribution in [2.24, 2.45) is 0 Å². The van der Waals surface area contributed by atoms with Crippen molar-refractivity contribution in [2.75, 3.05) is 0 Å². The maximum absolute atomic E-state index is 12.6. The van der Waals surface area contributed by atoms with E-state index >= 15 is 0 Å². The van der Waals surface area contributed by atoms with Gasteiger partial charge in [-0.15, -0.1) is 13.2 Å². The number of aromatic nitrogens is 1. The molecule has 0 aliphatic heterocycles. The Hall–Kier alpha value is -4.00. The van der Waals surface area contributed by atoms with E-state index < -0.39 is 6.36 Å². The fourth-order valence-electron chi connectivity index (χ4n) is 3.21. The standard InChI is InChI=1S/C24H16F3NO3/c25-24(26,27)31-19-8-4-5-15(12-19)17-13-21(16-6-3-7-18(29)11-16)28-22(14-17)20-9-1-2-10-23(20)30/h1-14,29-30H. The summed E-state index contributed by atoms with van der Waals surface area (Å²) in [7, 11) is 0. The van der Waals surface area contributed by atoms with Gasteiger partial charge in [0.2, 0.25) is 0 Å². The quantitative estimate of drug-likeness (QED) is 0.399. The van der Waals surface area contributed by atoms with Crippen molar-refractivity contribution in [3.63, 3.8) is 0 Å². The summed E-state index contributed by atoms with van der Waals surface area (Å²) in [5, 5.41) is 20.1. The Morgan fingerprint density at radius 1 is 0.677 bits per heavy atom. The molecular formula is C24H16F3NO3. The Bertz CT molecular complexity index is 1240. The number of rotatable bonds is 4. The summed E-state index contributed by atoms with van der Waals surface area (Å²) in [6.07, 6.45) is -4.80. The van der Waals surface area contributed by atoms with E-state index in [2.05, 4.69) is 9.72 Å². The van der Waals surface area contributed by atoms with Crippen LogP contribution in [0.1, 0.15) is 0 Å². The van der Waals surface area contributed by atoms with Crippen LogP contribution in [0.15, 0.2) is 84.9 Å². The molecule has 0 spiro atoms.